The highest BCUT2D eigenvalue weighted by atomic mass is 32.1. The second kappa shape index (κ2) is 8.58. The van der Waals surface area contributed by atoms with Gasteiger partial charge in [0.15, 0.2) is 5.13 Å². The van der Waals surface area contributed by atoms with E-state index < -0.39 is 27.1 Å². The number of carbonyl (C=O) groups is 1. The second-order valence-electron chi connectivity index (χ2n) is 7.04. The lowest BCUT2D eigenvalue weighted by molar-refractivity contribution is -0.394. The molecular weight excluding hydrogens is 422 g/mol. The maximum atomic E-state index is 12.6. The molecule has 3 aromatic rings. The van der Waals surface area contributed by atoms with Crippen LogP contribution in [0.3, 0.4) is 0 Å². The average molecular weight is 439 g/mol. The minimum Gasteiger partial charge on any atom is -0.298 e. The first-order valence-corrected chi connectivity index (χ1v) is 10.2. The summed E-state index contributed by atoms with van der Waals surface area (Å²) >= 11 is 1.34. The molecule has 4 rings (SSSR count). The van der Waals surface area contributed by atoms with E-state index in [0.29, 0.717) is 11.7 Å². The smallest absolute Gasteiger partial charge is 0.277 e. The van der Waals surface area contributed by atoms with E-state index in [1.54, 1.807) is 0 Å². The summed E-state index contributed by atoms with van der Waals surface area (Å²) < 4.78 is 0. The van der Waals surface area contributed by atoms with Gasteiger partial charge in [-0.1, -0.05) is 30.3 Å². The fourth-order valence-corrected chi connectivity index (χ4v) is 4.43. The number of nitro groups is 2. The molecule has 11 heteroatoms. The molecule has 2 aromatic carbocycles. The Kier molecular flexibility index (Phi) is 5.69. The van der Waals surface area contributed by atoms with Crippen molar-refractivity contribution in [2.24, 2.45) is 0 Å². The standard InChI is InChI=1S/C20H17N5O5S/c26-19(14-8-15(24(27)28)10-16(9-14)25(29)30)22-20-21-17-6-7-23(12-18(17)31-20)11-13-4-2-1-3-5-13/h1-5,8-10H,6-7,11-12H2,(H,21,22,26). The predicted molar refractivity (Wildman–Crippen MR) is 114 cm³/mol. The SMILES string of the molecule is O=C(Nc1nc2c(s1)CN(Cc1ccccc1)CC2)c1cc([N+](=O)[O-])cc([N+](=O)[O-])c1. The molecule has 1 aromatic heterocycles. The Morgan fingerprint density at radius 1 is 1.10 bits per heavy atom. The highest BCUT2D eigenvalue weighted by Crippen LogP contribution is 2.30. The molecule has 0 saturated heterocycles. The Bertz CT molecular complexity index is 1130. The molecule has 0 radical (unpaired) electrons. The van der Waals surface area contributed by atoms with Crippen molar-refractivity contribution in [3.8, 4) is 0 Å². The molecule has 0 unspecified atom stereocenters. The summed E-state index contributed by atoms with van der Waals surface area (Å²) in [7, 11) is 0. The zero-order valence-electron chi connectivity index (χ0n) is 16.2. The van der Waals surface area contributed by atoms with E-state index in [1.807, 2.05) is 18.2 Å². The summed E-state index contributed by atoms with van der Waals surface area (Å²) in [5, 5.41) is 25.1. The second-order valence-corrected chi connectivity index (χ2v) is 8.13. The molecule has 1 amide bonds. The van der Waals surface area contributed by atoms with E-state index in [1.165, 1.54) is 16.9 Å². The van der Waals surface area contributed by atoms with Crippen LogP contribution in [0.4, 0.5) is 16.5 Å². The number of carbonyl (C=O) groups excluding carboxylic acids is 1. The molecule has 0 fully saturated rings. The first-order chi connectivity index (χ1) is 14.9. The number of non-ortho nitro benzene ring substituents is 2. The normalized spacial score (nSPS) is 13.4. The molecule has 0 aliphatic carbocycles. The molecule has 0 bridgehead atoms. The predicted octanol–water partition coefficient (Wildman–Crippen LogP) is 3.77. The van der Waals surface area contributed by atoms with Gasteiger partial charge in [-0.25, -0.2) is 4.98 Å². The lowest BCUT2D eigenvalue weighted by Crippen LogP contribution is -2.29. The van der Waals surface area contributed by atoms with Gasteiger partial charge in [0.2, 0.25) is 0 Å². The zero-order valence-corrected chi connectivity index (χ0v) is 17.0. The Morgan fingerprint density at radius 2 is 1.77 bits per heavy atom. The molecule has 0 spiro atoms. The molecule has 0 atom stereocenters. The van der Waals surface area contributed by atoms with E-state index in [4.69, 9.17) is 0 Å². The summed E-state index contributed by atoms with van der Waals surface area (Å²) in [5.41, 5.74) is 0.925. The molecule has 2 heterocycles. The summed E-state index contributed by atoms with van der Waals surface area (Å²) in [6.45, 7) is 2.37. The third-order valence-corrected chi connectivity index (χ3v) is 5.86. The number of nitro benzene ring substituents is 2. The number of nitrogens with one attached hydrogen (secondary N) is 1. The van der Waals surface area contributed by atoms with Gasteiger partial charge >= 0.3 is 0 Å². The van der Waals surface area contributed by atoms with E-state index in [-0.39, 0.29) is 5.56 Å². The van der Waals surface area contributed by atoms with Crippen molar-refractivity contribution in [2.75, 3.05) is 11.9 Å². The third-order valence-electron chi connectivity index (χ3n) is 4.87. The minimum atomic E-state index is -0.771. The highest BCUT2D eigenvalue weighted by molar-refractivity contribution is 7.15. The van der Waals surface area contributed by atoms with Crippen LogP contribution in [-0.2, 0) is 19.5 Å². The van der Waals surface area contributed by atoms with Crippen LogP contribution in [0.15, 0.2) is 48.5 Å². The molecule has 0 saturated carbocycles. The molecule has 1 N–H and O–H groups in total. The molecule has 10 nitrogen and oxygen atoms in total. The van der Waals surface area contributed by atoms with Gasteiger partial charge in [-0.05, 0) is 5.56 Å². The molecule has 1 aliphatic heterocycles. The van der Waals surface area contributed by atoms with E-state index in [9.17, 15) is 25.0 Å². The van der Waals surface area contributed by atoms with Crippen molar-refractivity contribution in [3.63, 3.8) is 0 Å². The number of rotatable bonds is 6. The quantitative estimate of drug-likeness (QED) is 0.457. The zero-order chi connectivity index (χ0) is 22.0. The van der Waals surface area contributed by atoms with Crippen molar-refractivity contribution in [1.29, 1.82) is 0 Å². The van der Waals surface area contributed by atoms with Crippen LogP contribution in [-0.4, -0.2) is 32.2 Å². The lowest BCUT2D eigenvalue weighted by Gasteiger charge is -2.25. The van der Waals surface area contributed by atoms with Crippen molar-refractivity contribution in [1.82, 2.24) is 9.88 Å². The first kappa shape index (κ1) is 20.6. The third kappa shape index (κ3) is 4.73. The molecule has 31 heavy (non-hydrogen) atoms. The van der Waals surface area contributed by atoms with Crippen LogP contribution in [0.1, 0.15) is 26.5 Å². The molecule has 1 aliphatic rings. The van der Waals surface area contributed by atoms with Gasteiger partial charge in [0.25, 0.3) is 17.3 Å². The summed E-state index contributed by atoms with van der Waals surface area (Å²) in [4.78, 5) is 40.9. The topological polar surface area (TPSA) is 132 Å². The van der Waals surface area contributed by atoms with Gasteiger partial charge in [0.1, 0.15) is 0 Å². The van der Waals surface area contributed by atoms with Crippen molar-refractivity contribution in [3.05, 3.63) is 90.5 Å². The van der Waals surface area contributed by atoms with E-state index >= 15 is 0 Å². The van der Waals surface area contributed by atoms with Crippen LogP contribution < -0.4 is 5.32 Å². The van der Waals surface area contributed by atoms with Gasteiger partial charge < -0.3 is 0 Å². The fraction of sp³-hybridized carbons (Fsp3) is 0.200. The van der Waals surface area contributed by atoms with Crippen LogP contribution in [0, 0.1) is 20.2 Å². The van der Waals surface area contributed by atoms with Crippen molar-refractivity contribution >= 4 is 33.8 Å². The maximum absolute atomic E-state index is 12.6. The molecule has 158 valence electrons. The highest BCUT2D eigenvalue weighted by Gasteiger charge is 2.23. The number of thiazole rings is 1. The fourth-order valence-electron chi connectivity index (χ4n) is 3.38. The number of hydrogen-bond acceptors (Lipinski definition) is 8. The Labute approximate surface area is 180 Å². The number of hydrogen-bond donors (Lipinski definition) is 1. The monoisotopic (exact) mass is 439 g/mol. The van der Waals surface area contributed by atoms with E-state index in [0.717, 1.165) is 48.3 Å². The van der Waals surface area contributed by atoms with Gasteiger partial charge in [-0.2, -0.15) is 0 Å². The summed E-state index contributed by atoms with van der Waals surface area (Å²) in [5.74, 6) is -0.681. The van der Waals surface area contributed by atoms with Crippen LogP contribution in [0.5, 0.6) is 0 Å². The lowest BCUT2D eigenvalue weighted by atomic mass is 10.1. The minimum absolute atomic E-state index is 0.167. The van der Waals surface area contributed by atoms with Crippen LogP contribution >= 0.6 is 11.3 Å². The van der Waals surface area contributed by atoms with Gasteiger partial charge in [-0.3, -0.25) is 35.2 Å². The Morgan fingerprint density at radius 3 is 2.42 bits per heavy atom. The Balaban J connectivity index is 1.48. The number of benzene rings is 2. The number of fused-ring (bicyclic) bond motifs is 1. The van der Waals surface area contributed by atoms with Gasteiger partial charge in [0, 0.05) is 43.1 Å². The van der Waals surface area contributed by atoms with Crippen LogP contribution in [0.2, 0.25) is 0 Å². The van der Waals surface area contributed by atoms with Gasteiger partial charge in [0.05, 0.1) is 27.2 Å². The number of aromatic nitrogens is 1. The molecular formula is C20H17N5O5S. The number of anilines is 1. The van der Waals surface area contributed by atoms with Crippen LogP contribution in [0.25, 0.3) is 0 Å². The average Bonchev–Trinajstić information content (AvgIpc) is 3.15. The maximum Gasteiger partial charge on any atom is 0.277 e. The van der Waals surface area contributed by atoms with Crippen molar-refractivity contribution < 1.29 is 14.6 Å². The largest absolute Gasteiger partial charge is 0.298 e. The van der Waals surface area contributed by atoms with Crippen molar-refractivity contribution in [2.45, 2.75) is 19.5 Å². The Hall–Kier alpha value is -3.70. The number of nitrogens with zero attached hydrogens (tertiary/aromatic N) is 4. The number of amides is 1. The summed E-state index contributed by atoms with van der Waals surface area (Å²) in [6.07, 6.45) is 0.747. The summed E-state index contributed by atoms with van der Waals surface area (Å²) in [6, 6.07) is 13.0. The van der Waals surface area contributed by atoms with Gasteiger partial charge in [-0.15, -0.1) is 11.3 Å². The van der Waals surface area contributed by atoms with E-state index in [2.05, 4.69) is 27.3 Å². The first-order valence-electron chi connectivity index (χ1n) is 9.39.